The molecule has 0 saturated carbocycles. The van der Waals surface area contributed by atoms with E-state index < -0.39 is 40.5 Å². The fourth-order valence-electron chi connectivity index (χ4n) is 5.56. The van der Waals surface area contributed by atoms with Crippen LogP contribution < -0.4 is 67.5 Å². The fraction of sp³-hybridized carbons (Fsp3) is 0. The lowest BCUT2D eigenvalue weighted by atomic mass is 10.1. The summed E-state index contributed by atoms with van der Waals surface area (Å²) in [5.74, 6) is -0.333. The summed E-state index contributed by atoms with van der Waals surface area (Å²) in [6.07, 6.45) is 12.9. The molecule has 28 heteroatoms. The van der Waals surface area contributed by atoms with Crippen LogP contribution in [0.15, 0.2) is 165 Å². The van der Waals surface area contributed by atoms with Crippen molar-refractivity contribution in [2.75, 3.05) is 0 Å². The molecule has 6 rings (SSSR count). The van der Waals surface area contributed by atoms with Crippen molar-refractivity contribution in [3.63, 3.8) is 0 Å². The van der Waals surface area contributed by atoms with Crippen molar-refractivity contribution in [2.24, 2.45) is 45.9 Å². The Morgan fingerprint density at radius 2 is 0.408 bits per heavy atom. The predicted octanol–water partition coefficient (Wildman–Crippen LogP) is -4.25. The average molecular weight is 1120 g/mol. The van der Waals surface area contributed by atoms with Gasteiger partial charge in [-0.3, -0.25) is 67.5 Å². The number of rotatable bonds is 12. The molecule has 0 fully saturated rings. The van der Waals surface area contributed by atoms with Crippen LogP contribution in [0.1, 0.15) is 44.5 Å². The Balaban J connectivity index is 0.000000592. The standard InChI is InChI=1S/2C22H18O6S2.4CH5N3/c2*23-29(24,25)21-7-3-1-5-19(21)15-13-17-9-11-18(12-10-17)14-16-20-6-2-4-8-22(20)30(26,27)28;4*2-1(3)4/h2*1-16H,(H,23,24,25)(H,26,27,28);4*(H5,2,3,4)/b2*15-13+,16-14+;;;;. The van der Waals surface area contributed by atoms with Crippen molar-refractivity contribution < 1.29 is 73.5 Å². The van der Waals surface area contributed by atoms with E-state index in [0.29, 0.717) is 22.3 Å². The van der Waals surface area contributed by atoms with E-state index >= 15 is 0 Å². The molecule has 0 aliphatic carbocycles. The molecule has 6 aromatic rings. The van der Waals surface area contributed by atoms with E-state index in [2.05, 4.69) is 67.5 Å². The Morgan fingerprint density at radius 3 is 0.539 bits per heavy atom. The van der Waals surface area contributed by atoms with Crippen LogP contribution in [-0.4, -0.2) is 75.7 Å². The highest BCUT2D eigenvalue weighted by Gasteiger charge is 2.08. The van der Waals surface area contributed by atoms with Crippen molar-refractivity contribution in [1.82, 2.24) is 0 Å². The summed E-state index contributed by atoms with van der Waals surface area (Å²) < 4.78 is 136. The van der Waals surface area contributed by atoms with Crippen molar-refractivity contribution in [1.29, 1.82) is 0 Å². The maximum absolute atomic E-state index is 11.3. The highest BCUT2D eigenvalue weighted by Crippen LogP contribution is 2.22. The summed E-state index contributed by atoms with van der Waals surface area (Å²) in [4.78, 5) is -1.14. The van der Waals surface area contributed by atoms with Crippen molar-refractivity contribution in [3.05, 3.63) is 190 Å². The highest BCUT2D eigenvalue weighted by atomic mass is 32.2. The summed E-state index contributed by atoms with van der Waals surface area (Å²) >= 11 is 0. The van der Waals surface area contributed by atoms with Gasteiger partial charge in [-0.05, 0) is 68.8 Å². The average Bonchev–Trinajstić information content (AvgIpc) is 3.31. The molecular formula is C48H56N12O12S4. The maximum atomic E-state index is 11.3. The van der Waals surface area contributed by atoms with Crippen molar-refractivity contribution in [2.45, 2.75) is 19.6 Å². The zero-order chi connectivity index (χ0) is 57.9. The van der Waals surface area contributed by atoms with E-state index in [9.17, 15) is 51.9 Å². The number of hydrogen-bond acceptors (Lipinski definition) is 12. The first kappa shape index (κ1) is 65.0. The molecule has 0 amide bonds. The molecule has 76 heavy (non-hydrogen) atoms. The molecule has 404 valence electrons. The first-order valence-electron chi connectivity index (χ1n) is 20.9. The third-order valence-corrected chi connectivity index (χ3v) is 12.1. The van der Waals surface area contributed by atoms with Crippen LogP contribution in [0.2, 0.25) is 0 Å². The van der Waals surface area contributed by atoms with Crippen LogP contribution in [0.5, 0.6) is 0 Å². The van der Waals surface area contributed by atoms with Crippen LogP contribution >= 0.6 is 0 Å². The fourth-order valence-corrected chi connectivity index (χ4v) is 8.24. The zero-order valence-corrected chi connectivity index (χ0v) is 43.2. The lowest BCUT2D eigenvalue weighted by Crippen LogP contribution is -2.51. The van der Waals surface area contributed by atoms with Gasteiger partial charge >= 0.3 is 23.8 Å². The van der Waals surface area contributed by atoms with Crippen molar-refractivity contribution >= 4 is 113 Å². The Hall–Kier alpha value is -9.00. The van der Waals surface area contributed by atoms with Crippen LogP contribution in [0.3, 0.4) is 0 Å². The molecule has 0 saturated heterocycles. The molecule has 0 radical (unpaired) electrons. The molecule has 6 aromatic carbocycles. The summed E-state index contributed by atoms with van der Waals surface area (Å²) in [6, 6.07) is 37.9. The number of nitrogens with two attached hydrogens (primary N) is 12. The van der Waals surface area contributed by atoms with Gasteiger partial charge in [-0.2, -0.15) is 0 Å². The molecule has 0 spiro atoms. The molecule has 0 unspecified atom stereocenters. The second-order valence-electron chi connectivity index (χ2n) is 14.6. The van der Waals surface area contributed by atoms with E-state index in [0.717, 1.165) is 22.3 Å². The normalized spacial score (nSPS) is 11.2. The van der Waals surface area contributed by atoms with E-state index in [-0.39, 0.29) is 43.4 Å². The third kappa shape index (κ3) is 27.2. The minimum atomic E-state index is -4.57. The first-order chi connectivity index (χ1) is 35.2. The number of guanidine groups is 4. The summed E-state index contributed by atoms with van der Waals surface area (Å²) in [5.41, 5.74) is 40.9. The smallest absolute Gasteiger partial charge is 0.336 e. The summed E-state index contributed by atoms with van der Waals surface area (Å²) in [5, 5.41) is 18.3. The van der Waals surface area contributed by atoms with Crippen LogP contribution in [0, 0.1) is 0 Å². The Labute approximate surface area is 439 Å². The van der Waals surface area contributed by atoms with Gasteiger partial charge in [0.05, 0.1) is 19.6 Å². The molecule has 0 heterocycles. The molecule has 0 aliphatic rings. The van der Waals surface area contributed by atoms with Gasteiger partial charge in [-0.15, -0.1) is 0 Å². The SMILES string of the molecule is NC(N)=[NH2+].NC(N)=[NH2+].NC(N)=[NH2+].NC(N)=[NH2+].O=S(=O)([O-])c1ccccc1/C=C/c1ccc(/C=C/c2ccccc2S(=O)(=O)[O-])cc1.O=S(=O)([O-])c1ccccc1/C=C/c1ccc(/C=C/c2ccccc2S(=O)(=O)[O-])cc1. The number of hydrogen-bond donors (Lipinski definition) is 12. The molecule has 24 nitrogen and oxygen atoms in total. The second kappa shape index (κ2) is 30.9. The van der Waals surface area contributed by atoms with Gasteiger partial charge < -0.3 is 18.2 Å². The lowest BCUT2D eigenvalue weighted by Gasteiger charge is -2.10. The lowest BCUT2D eigenvalue weighted by molar-refractivity contribution is -0.117. The van der Waals surface area contributed by atoms with Gasteiger partial charge in [0, 0.05) is 0 Å². The maximum Gasteiger partial charge on any atom is 0.336 e. The Kier molecular flexibility index (Phi) is 26.4. The largest absolute Gasteiger partial charge is 0.744 e. The van der Waals surface area contributed by atoms with E-state index in [1.165, 1.54) is 48.5 Å². The van der Waals surface area contributed by atoms with Gasteiger partial charge in [-0.25, -0.2) is 33.7 Å². The third-order valence-electron chi connectivity index (χ3n) is 8.45. The number of benzene rings is 6. The van der Waals surface area contributed by atoms with Gasteiger partial charge in [0.15, 0.2) is 0 Å². The zero-order valence-electron chi connectivity index (χ0n) is 39.9. The minimum absolute atomic E-state index is 0.0833. The van der Waals surface area contributed by atoms with Crippen molar-refractivity contribution in [3.8, 4) is 0 Å². The molecule has 24 N–H and O–H groups in total. The van der Waals surface area contributed by atoms with E-state index in [1.54, 1.807) is 146 Å². The minimum Gasteiger partial charge on any atom is -0.744 e. The molecule has 0 atom stereocenters. The molecule has 0 bridgehead atoms. The van der Waals surface area contributed by atoms with Gasteiger partial charge in [0.2, 0.25) is 0 Å². The van der Waals surface area contributed by atoms with Gasteiger partial charge in [0.25, 0.3) is 0 Å². The topological polar surface area (TPSA) is 539 Å². The summed E-state index contributed by atoms with van der Waals surface area (Å²) in [7, 11) is -18.3. The van der Waals surface area contributed by atoms with Crippen LogP contribution in [0.25, 0.3) is 48.6 Å². The first-order valence-corrected chi connectivity index (χ1v) is 26.5. The molecule has 0 aliphatic heterocycles. The highest BCUT2D eigenvalue weighted by molar-refractivity contribution is 7.86. The quantitative estimate of drug-likeness (QED) is 0.0239. The van der Waals surface area contributed by atoms with E-state index in [4.69, 9.17) is 0 Å². The van der Waals surface area contributed by atoms with Crippen LogP contribution in [0.4, 0.5) is 0 Å². The van der Waals surface area contributed by atoms with Gasteiger partial charge in [-0.1, -0.05) is 170 Å². The molecule has 0 aromatic heterocycles. The Bertz CT molecular complexity index is 3050. The predicted molar refractivity (Wildman–Crippen MR) is 287 cm³/mol. The Morgan fingerprint density at radius 1 is 0.276 bits per heavy atom. The second-order valence-corrected chi connectivity index (χ2v) is 20.0. The van der Waals surface area contributed by atoms with Crippen LogP contribution in [-0.2, 0) is 40.5 Å². The summed E-state index contributed by atoms with van der Waals surface area (Å²) in [6.45, 7) is 0. The monoisotopic (exact) mass is 1120 g/mol. The van der Waals surface area contributed by atoms with E-state index in [1.807, 2.05) is 0 Å². The molecular weight excluding hydrogens is 1060 g/mol. The van der Waals surface area contributed by atoms with Gasteiger partial charge in [0.1, 0.15) is 40.5 Å².